The Kier molecular flexibility index (Phi) is 6.12. The first-order valence-corrected chi connectivity index (χ1v) is 11.6. The molecular formula is C27H20N2O5S. The third-order valence-corrected chi connectivity index (χ3v) is 6.19. The second kappa shape index (κ2) is 9.52. The second-order valence-corrected chi connectivity index (χ2v) is 8.52. The number of aliphatic carboxylic acids is 1. The van der Waals surface area contributed by atoms with Gasteiger partial charge < -0.3 is 14.6 Å². The molecule has 5 aromatic rings. The van der Waals surface area contributed by atoms with Crippen LogP contribution in [0.15, 0.2) is 78.9 Å². The summed E-state index contributed by atoms with van der Waals surface area (Å²) in [6.07, 6.45) is -1.31. The molecule has 174 valence electrons. The average Bonchev–Trinajstić information content (AvgIpc) is 3.33. The predicted octanol–water partition coefficient (Wildman–Crippen LogP) is 5.83. The molecule has 1 heterocycles. The molecule has 7 nitrogen and oxygen atoms in total. The highest BCUT2D eigenvalue weighted by Gasteiger charge is 2.26. The molecule has 5 rings (SSSR count). The van der Waals surface area contributed by atoms with Crippen LogP contribution in [0.1, 0.15) is 34.5 Å². The van der Waals surface area contributed by atoms with Crippen LogP contribution in [0.25, 0.3) is 21.8 Å². The van der Waals surface area contributed by atoms with Crippen molar-refractivity contribution in [3.05, 3.63) is 95.6 Å². The van der Waals surface area contributed by atoms with Crippen LogP contribution in [0.3, 0.4) is 0 Å². The maximum Gasteiger partial charge on any atom is 0.349 e. The fraction of sp³-hybridized carbons (Fsp3) is 0.111. The fourth-order valence-electron chi connectivity index (χ4n) is 3.92. The van der Waals surface area contributed by atoms with E-state index in [1.165, 1.54) is 6.92 Å². The van der Waals surface area contributed by atoms with Crippen LogP contribution in [0, 0.1) is 0 Å². The van der Waals surface area contributed by atoms with E-state index >= 15 is 0 Å². The molecule has 0 saturated carbocycles. The van der Waals surface area contributed by atoms with Crippen molar-refractivity contribution in [2.75, 3.05) is 0 Å². The topological polar surface area (TPSA) is 98.6 Å². The van der Waals surface area contributed by atoms with Crippen LogP contribution in [0.4, 0.5) is 0 Å². The Balaban J connectivity index is 1.45. The molecule has 1 unspecified atom stereocenters. The molecule has 1 atom stereocenters. The second-order valence-electron chi connectivity index (χ2n) is 7.99. The quantitative estimate of drug-likeness (QED) is 0.277. The number of benzene rings is 4. The fourth-order valence-corrected chi connectivity index (χ4v) is 4.44. The van der Waals surface area contributed by atoms with Gasteiger partial charge in [-0.15, -0.1) is 0 Å². The van der Waals surface area contributed by atoms with Gasteiger partial charge in [-0.3, -0.25) is 4.79 Å². The number of fused-ring (bicyclic) bond motifs is 2. The monoisotopic (exact) mass is 484 g/mol. The van der Waals surface area contributed by atoms with Crippen molar-refractivity contribution in [1.29, 1.82) is 0 Å². The molecule has 1 N–H and O–H groups in total. The summed E-state index contributed by atoms with van der Waals surface area (Å²) in [5.74, 6) is -0.805. The molecule has 35 heavy (non-hydrogen) atoms. The number of hydrogen-bond acceptors (Lipinski definition) is 7. The van der Waals surface area contributed by atoms with Gasteiger partial charge in [-0.05, 0) is 47.5 Å². The third kappa shape index (κ3) is 4.69. The molecule has 0 aliphatic rings. The molecule has 0 bridgehead atoms. The number of hydrogen-bond donors (Lipinski definition) is 1. The van der Waals surface area contributed by atoms with Gasteiger partial charge in [0.2, 0.25) is 6.10 Å². The normalized spacial score (nSPS) is 11.9. The molecular weight excluding hydrogens is 464 g/mol. The van der Waals surface area contributed by atoms with E-state index in [2.05, 4.69) is 8.75 Å². The summed E-state index contributed by atoms with van der Waals surface area (Å²) in [5.41, 5.74) is 3.31. The van der Waals surface area contributed by atoms with E-state index < -0.39 is 12.1 Å². The number of rotatable bonds is 8. The summed E-state index contributed by atoms with van der Waals surface area (Å²) in [7, 11) is 0. The predicted molar refractivity (Wildman–Crippen MR) is 133 cm³/mol. The van der Waals surface area contributed by atoms with Crippen LogP contribution < -0.4 is 9.47 Å². The zero-order valence-corrected chi connectivity index (χ0v) is 19.5. The molecule has 0 fully saturated rings. The highest BCUT2D eigenvalue weighted by molar-refractivity contribution is 7.00. The van der Waals surface area contributed by atoms with Crippen LogP contribution in [0.5, 0.6) is 11.5 Å². The summed E-state index contributed by atoms with van der Waals surface area (Å²) < 4.78 is 20.3. The minimum absolute atomic E-state index is 0.148. The summed E-state index contributed by atoms with van der Waals surface area (Å²) in [6.45, 7) is 1.67. The van der Waals surface area contributed by atoms with Gasteiger partial charge >= 0.3 is 5.97 Å². The van der Waals surface area contributed by atoms with Gasteiger partial charge in [-0.25, -0.2) is 4.79 Å². The minimum atomic E-state index is -1.31. The third-order valence-electron chi connectivity index (χ3n) is 5.63. The lowest BCUT2D eigenvalue weighted by atomic mass is 10.00. The van der Waals surface area contributed by atoms with Gasteiger partial charge in [-0.2, -0.15) is 8.75 Å². The standard InChI is InChI=1S/C27H20N2O5S/c1-16(30)20-11-10-19(33-15-17-9-12-23-24(13-17)29-35-28-23)14-25(20)34-26(27(31)32)22-8-4-6-18-5-2-3-7-21(18)22/h2-14,26H,15H2,1H3,(H,31,32). The SMILES string of the molecule is CC(=O)c1ccc(OCc2ccc3nsnc3c2)cc1OC(C(=O)O)c1cccc2ccccc12. The number of carbonyl (C=O) groups excluding carboxylic acids is 1. The smallest absolute Gasteiger partial charge is 0.349 e. The van der Waals surface area contributed by atoms with E-state index in [1.807, 2.05) is 48.5 Å². The summed E-state index contributed by atoms with van der Waals surface area (Å²) in [4.78, 5) is 24.5. The van der Waals surface area contributed by atoms with Crippen LogP contribution in [0.2, 0.25) is 0 Å². The van der Waals surface area contributed by atoms with Crippen molar-refractivity contribution in [1.82, 2.24) is 8.75 Å². The number of ether oxygens (including phenoxy) is 2. The van der Waals surface area contributed by atoms with Crippen molar-refractivity contribution in [3.8, 4) is 11.5 Å². The highest BCUT2D eigenvalue weighted by Crippen LogP contribution is 2.33. The van der Waals surface area contributed by atoms with Gasteiger partial charge in [0.25, 0.3) is 0 Å². The Morgan fingerprint density at radius 3 is 2.57 bits per heavy atom. The van der Waals surface area contributed by atoms with Gasteiger partial charge in [0.15, 0.2) is 5.78 Å². The molecule has 0 saturated heterocycles. The van der Waals surface area contributed by atoms with Crippen molar-refractivity contribution >= 4 is 45.3 Å². The van der Waals surface area contributed by atoms with E-state index in [0.29, 0.717) is 11.3 Å². The lowest BCUT2D eigenvalue weighted by Gasteiger charge is -2.20. The Hall–Kier alpha value is -4.30. The number of nitrogens with zero attached hydrogens (tertiary/aromatic N) is 2. The largest absolute Gasteiger partial charge is 0.489 e. The van der Waals surface area contributed by atoms with Gasteiger partial charge in [0.1, 0.15) is 29.1 Å². The van der Waals surface area contributed by atoms with Gasteiger partial charge in [0, 0.05) is 11.6 Å². The van der Waals surface area contributed by atoms with Crippen molar-refractivity contribution in [2.24, 2.45) is 0 Å². The number of carboxylic acid groups (broad SMARTS) is 1. The molecule has 0 aliphatic carbocycles. The molecule has 4 aromatic carbocycles. The van der Waals surface area contributed by atoms with E-state index in [9.17, 15) is 14.7 Å². The number of Topliss-reactive ketones (excluding diaryl/α,β-unsaturated/α-hetero) is 1. The summed E-state index contributed by atoms with van der Waals surface area (Å²) in [5, 5.41) is 11.7. The van der Waals surface area contributed by atoms with Gasteiger partial charge in [-0.1, -0.05) is 48.5 Å². The van der Waals surface area contributed by atoms with E-state index in [0.717, 1.165) is 39.1 Å². The van der Waals surface area contributed by atoms with Crippen molar-refractivity contribution < 1.29 is 24.2 Å². The average molecular weight is 485 g/mol. The molecule has 0 aliphatic heterocycles. The van der Waals surface area contributed by atoms with E-state index in [-0.39, 0.29) is 23.7 Å². The van der Waals surface area contributed by atoms with Crippen molar-refractivity contribution in [3.63, 3.8) is 0 Å². The maximum atomic E-state index is 12.3. The van der Waals surface area contributed by atoms with Crippen LogP contribution in [-0.4, -0.2) is 25.6 Å². The van der Waals surface area contributed by atoms with E-state index in [4.69, 9.17) is 9.47 Å². The Labute approximate surface area is 204 Å². The number of carboxylic acids is 1. The molecule has 0 radical (unpaired) electrons. The molecule has 0 spiro atoms. The van der Waals surface area contributed by atoms with Crippen LogP contribution >= 0.6 is 11.7 Å². The van der Waals surface area contributed by atoms with Gasteiger partial charge in [0.05, 0.1) is 17.3 Å². The zero-order valence-electron chi connectivity index (χ0n) is 18.7. The minimum Gasteiger partial charge on any atom is -0.489 e. The Morgan fingerprint density at radius 2 is 1.74 bits per heavy atom. The number of ketones is 1. The van der Waals surface area contributed by atoms with Crippen LogP contribution in [-0.2, 0) is 11.4 Å². The first-order chi connectivity index (χ1) is 17.0. The first kappa shape index (κ1) is 22.5. The molecule has 8 heteroatoms. The lowest BCUT2D eigenvalue weighted by Crippen LogP contribution is -2.19. The van der Waals surface area contributed by atoms with Crippen molar-refractivity contribution in [2.45, 2.75) is 19.6 Å². The Bertz CT molecular complexity index is 1560. The number of carbonyl (C=O) groups is 2. The maximum absolute atomic E-state index is 12.3. The Morgan fingerprint density at radius 1 is 0.943 bits per heavy atom. The summed E-state index contributed by atoms with van der Waals surface area (Å²) in [6, 6.07) is 23.4. The van der Waals surface area contributed by atoms with E-state index in [1.54, 1.807) is 30.3 Å². The first-order valence-electron chi connectivity index (χ1n) is 10.9. The molecule has 1 aromatic heterocycles. The lowest BCUT2D eigenvalue weighted by molar-refractivity contribution is -0.145. The summed E-state index contributed by atoms with van der Waals surface area (Å²) >= 11 is 1.15. The highest BCUT2D eigenvalue weighted by atomic mass is 32.1. The number of aromatic nitrogens is 2. The molecule has 0 amide bonds. The zero-order chi connectivity index (χ0) is 24.4.